The van der Waals surface area contributed by atoms with Crippen LogP contribution in [0.2, 0.25) is 0 Å². The monoisotopic (exact) mass is 296 g/mol. The minimum atomic E-state index is -0.626. The quantitative estimate of drug-likeness (QED) is 0.614. The van der Waals surface area contributed by atoms with E-state index in [2.05, 4.69) is 33.6 Å². The molecule has 1 atom stereocenters. The van der Waals surface area contributed by atoms with Crippen LogP contribution in [0.5, 0.6) is 0 Å². The van der Waals surface area contributed by atoms with E-state index in [0.717, 1.165) is 11.1 Å². The van der Waals surface area contributed by atoms with E-state index in [1.807, 2.05) is 37.3 Å². The van der Waals surface area contributed by atoms with Gasteiger partial charge in [-0.3, -0.25) is 4.79 Å². The Morgan fingerprint density at radius 2 is 1.86 bits per heavy atom. The fraction of sp³-hybridized carbons (Fsp3) is 0.450. The molecule has 0 radical (unpaired) electrons. The first-order valence-electron chi connectivity index (χ1n) is 7.62. The lowest BCUT2D eigenvalue weighted by molar-refractivity contribution is -0.147. The Labute approximate surface area is 133 Å². The highest BCUT2D eigenvalue weighted by Gasteiger charge is 2.69. The van der Waals surface area contributed by atoms with Crippen molar-refractivity contribution >= 4 is 12.0 Å². The Kier molecular flexibility index (Phi) is 4.20. The van der Waals surface area contributed by atoms with Crippen molar-refractivity contribution in [3.63, 3.8) is 0 Å². The third-order valence-corrected chi connectivity index (χ3v) is 5.30. The van der Waals surface area contributed by atoms with Crippen LogP contribution in [0.3, 0.4) is 0 Å². The summed E-state index contributed by atoms with van der Waals surface area (Å²) in [7, 11) is 0. The summed E-state index contributed by atoms with van der Waals surface area (Å²) >= 11 is 0. The van der Waals surface area contributed by atoms with E-state index in [-0.39, 0.29) is 22.7 Å². The van der Waals surface area contributed by atoms with Gasteiger partial charge in [0.15, 0.2) is 6.10 Å². The van der Waals surface area contributed by atoms with Crippen LogP contribution in [0.1, 0.15) is 38.8 Å². The molecule has 116 valence electrons. The molecule has 1 aromatic rings. The molecule has 0 heterocycles. The third-order valence-electron chi connectivity index (χ3n) is 5.30. The van der Waals surface area contributed by atoms with Crippen molar-refractivity contribution in [3.8, 4) is 12.3 Å². The van der Waals surface area contributed by atoms with Crippen molar-refractivity contribution < 1.29 is 9.53 Å². The minimum absolute atomic E-state index is 0.0387. The van der Waals surface area contributed by atoms with Crippen molar-refractivity contribution in [1.29, 1.82) is 0 Å². The summed E-state index contributed by atoms with van der Waals surface area (Å²) in [4.78, 5) is 12.3. The molecule has 0 aromatic heterocycles. The standard InChI is InChI=1S/C20H24O2/c1-7-16(13-12-15-11-9-8-10-14(15)2)22-18(21)17-19(3,4)20(17,5)6/h1,8-13,16-17H,2-6H3/b13-12+. The molecule has 1 fully saturated rings. The molecule has 1 aromatic carbocycles. The first kappa shape index (κ1) is 16.4. The lowest BCUT2D eigenvalue weighted by Gasteiger charge is -2.10. The molecule has 22 heavy (non-hydrogen) atoms. The van der Waals surface area contributed by atoms with Gasteiger partial charge in [0, 0.05) is 0 Å². The van der Waals surface area contributed by atoms with Crippen LogP contribution < -0.4 is 0 Å². The van der Waals surface area contributed by atoms with Crippen LogP contribution in [0, 0.1) is 36.0 Å². The highest BCUT2D eigenvalue weighted by molar-refractivity contribution is 5.79. The fourth-order valence-corrected chi connectivity index (χ4v) is 3.07. The van der Waals surface area contributed by atoms with Crippen LogP contribution in [-0.2, 0) is 9.53 Å². The second-order valence-corrected chi connectivity index (χ2v) is 7.12. The molecule has 2 nitrogen and oxygen atoms in total. The molecule has 1 saturated carbocycles. The maximum absolute atomic E-state index is 12.3. The molecule has 1 aliphatic rings. The van der Waals surface area contributed by atoms with Gasteiger partial charge in [0.05, 0.1) is 5.92 Å². The fourth-order valence-electron chi connectivity index (χ4n) is 3.07. The lowest BCUT2D eigenvalue weighted by Crippen LogP contribution is -2.18. The number of benzene rings is 1. The van der Waals surface area contributed by atoms with Gasteiger partial charge in [-0.15, -0.1) is 6.42 Å². The van der Waals surface area contributed by atoms with Gasteiger partial charge >= 0.3 is 5.97 Å². The predicted molar refractivity (Wildman–Crippen MR) is 90.0 cm³/mol. The van der Waals surface area contributed by atoms with Crippen LogP contribution in [0.25, 0.3) is 6.08 Å². The van der Waals surface area contributed by atoms with E-state index in [4.69, 9.17) is 11.2 Å². The van der Waals surface area contributed by atoms with E-state index in [1.54, 1.807) is 6.08 Å². The number of carbonyl (C=O) groups is 1. The maximum Gasteiger partial charge on any atom is 0.311 e. The molecular formula is C20H24O2. The Bertz CT molecular complexity index is 630. The summed E-state index contributed by atoms with van der Waals surface area (Å²) in [5.41, 5.74) is 2.16. The van der Waals surface area contributed by atoms with Crippen LogP contribution in [0.15, 0.2) is 30.3 Å². The molecule has 1 aliphatic carbocycles. The Balaban J connectivity index is 2.04. The van der Waals surface area contributed by atoms with E-state index >= 15 is 0 Å². The molecule has 1 unspecified atom stereocenters. The zero-order valence-corrected chi connectivity index (χ0v) is 14.0. The molecule has 0 saturated heterocycles. The van der Waals surface area contributed by atoms with Crippen molar-refractivity contribution in [3.05, 3.63) is 41.5 Å². The van der Waals surface area contributed by atoms with Gasteiger partial charge in [-0.1, -0.05) is 64.0 Å². The number of hydrogen-bond donors (Lipinski definition) is 0. The van der Waals surface area contributed by atoms with Gasteiger partial charge in [0.1, 0.15) is 0 Å². The largest absolute Gasteiger partial charge is 0.445 e. The van der Waals surface area contributed by atoms with Crippen molar-refractivity contribution in [2.24, 2.45) is 16.7 Å². The van der Waals surface area contributed by atoms with Gasteiger partial charge in [0.2, 0.25) is 0 Å². The van der Waals surface area contributed by atoms with Gasteiger partial charge in [-0.05, 0) is 35.0 Å². The van der Waals surface area contributed by atoms with E-state index in [9.17, 15) is 4.79 Å². The highest BCUT2D eigenvalue weighted by atomic mass is 16.5. The van der Waals surface area contributed by atoms with Crippen LogP contribution in [-0.4, -0.2) is 12.1 Å². The summed E-state index contributed by atoms with van der Waals surface area (Å²) < 4.78 is 5.49. The Morgan fingerprint density at radius 1 is 1.27 bits per heavy atom. The summed E-state index contributed by atoms with van der Waals surface area (Å²) in [6, 6.07) is 8.00. The van der Waals surface area contributed by atoms with Gasteiger partial charge in [-0.25, -0.2) is 0 Å². The number of aryl methyl sites for hydroxylation is 1. The Hall–Kier alpha value is -2.01. The number of esters is 1. The average molecular weight is 296 g/mol. The first-order chi connectivity index (χ1) is 10.2. The highest BCUT2D eigenvalue weighted by Crippen LogP contribution is 2.68. The number of rotatable bonds is 4. The number of hydrogen-bond acceptors (Lipinski definition) is 2. The van der Waals surface area contributed by atoms with Crippen molar-refractivity contribution in [2.75, 3.05) is 0 Å². The molecule has 0 N–H and O–H groups in total. The number of terminal acetylenes is 1. The van der Waals surface area contributed by atoms with Gasteiger partial charge in [0.25, 0.3) is 0 Å². The van der Waals surface area contributed by atoms with Crippen molar-refractivity contribution in [2.45, 2.75) is 40.7 Å². The summed E-state index contributed by atoms with van der Waals surface area (Å²) in [6.45, 7) is 10.4. The smallest absolute Gasteiger partial charge is 0.311 e. The molecule has 2 heteroatoms. The summed E-state index contributed by atoms with van der Waals surface area (Å²) in [5, 5.41) is 0. The molecule has 0 spiro atoms. The Morgan fingerprint density at radius 3 is 2.36 bits per heavy atom. The first-order valence-corrected chi connectivity index (χ1v) is 7.62. The molecule has 0 bridgehead atoms. The normalized spacial score (nSPS) is 20.4. The van der Waals surface area contributed by atoms with Gasteiger partial charge in [-0.2, -0.15) is 0 Å². The predicted octanol–water partition coefficient (Wildman–Crippen LogP) is 4.24. The number of carbonyl (C=O) groups excluding carboxylic acids is 1. The average Bonchev–Trinajstić information content (AvgIpc) is 2.86. The lowest BCUT2D eigenvalue weighted by atomic mass is 10.0. The van der Waals surface area contributed by atoms with E-state index < -0.39 is 6.10 Å². The summed E-state index contributed by atoms with van der Waals surface area (Å²) in [5.74, 6) is 2.23. The van der Waals surface area contributed by atoms with E-state index in [0.29, 0.717) is 0 Å². The number of ether oxygens (including phenoxy) is 1. The van der Waals surface area contributed by atoms with Crippen LogP contribution >= 0.6 is 0 Å². The summed E-state index contributed by atoms with van der Waals surface area (Å²) in [6.07, 6.45) is 8.55. The second kappa shape index (κ2) is 5.65. The molecular weight excluding hydrogens is 272 g/mol. The van der Waals surface area contributed by atoms with Crippen molar-refractivity contribution in [1.82, 2.24) is 0 Å². The molecule has 2 rings (SSSR count). The minimum Gasteiger partial charge on any atom is -0.445 e. The zero-order chi connectivity index (χ0) is 16.5. The topological polar surface area (TPSA) is 26.3 Å². The maximum atomic E-state index is 12.3. The van der Waals surface area contributed by atoms with E-state index in [1.165, 1.54) is 0 Å². The molecule has 0 aliphatic heterocycles. The van der Waals surface area contributed by atoms with Crippen LogP contribution in [0.4, 0.5) is 0 Å². The second-order valence-electron chi connectivity index (χ2n) is 7.12. The zero-order valence-electron chi connectivity index (χ0n) is 14.0. The molecule has 0 amide bonds. The third kappa shape index (κ3) is 2.81. The SMILES string of the molecule is C#CC(/C=C/c1ccccc1C)OC(=O)C1C(C)(C)C1(C)C. The van der Waals surface area contributed by atoms with Gasteiger partial charge < -0.3 is 4.74 Å².